The average Bonchev–Trinajstić information content (AvgIpc) is 3.28. The fraction of sp³-hybridized carbons (Fsp3) is 0.944. The standard InChI is InChI=1S/C71H138O17P2/c1-7-10-12-14-15-16-17-18-19-23-26-29-32-35-42-48-54-69(74)82-60-67(87-70(75)55-49-43-36-33-30-27-24-21-20-22-25-28-31-34-40-45-51-63(4)5)62-86-90(79,80)84-58-65(72)57-83-89(77,78)85-61-66(59-81-68(73)53-47-39-13-11-8-2)88-71(76)56-50-44-38-37-41-46-52-64(6)9-3/h63-67,72H,7-62H2,1-6H3,(H,77,78)(H,79,80)/t64?,65-,66+,67+/m0/s1. The largest absolute Gasteiger partial charge is 0.472 e. The summed E-state index contributed by atoms with van der Waals surface area (Å²) in [5.41, 5.74) is 0. The maximum atomic E-state index is 13.0. The first-order valence-corrected chi connectivity index (χ1v) is 40.0. The Labute approximate surface area is 549 Å². The SMILES string of the molecule is CCCCCCCCCCCCCCCCCCC(=O)OC[C@H](COP(=O)(O)OC[C@@H](O)COP(=O)(O)OC[C@@H](COC(=O)CCCCCCC)OC(=O)CCCCCCCCC(C)CC)OC(=O)CCCCCCCCCCCCCCCCCCC(C)C. The monoisotopic (exact) mass is 1320 g/mol. The molecule has 0 radical (unpaired) electrons. The Bertz CT molecular complexity index is 1750. The van der Waals surface area contributed by atoms with Crippen LogP contribution in [0.3, 0.4) is 0 Å². The average molecular weight is 1330 g/mol. The summed E-state index contributed by atoms with van der Waals surface area (Å²) in [6, 6.07) is 0. The number of unbranched alkanes of at least 4 members (excludes halogenated alkanes) is 39. The molecule has 90 heavy (non-hydrogen) atoms. The number of aliphatic hydroxyl groups excluding tert-OH is 1. The molecule has 0 aromatic rings. The van der Waals surface area contributed by atoms with E-state index in [0.29, 0.717) is 25.7 Å². The maximum Gasteiger partial charge on any atom is 0.472 e. The number of carbonyl (C=O) groups is 4. The lowest BCUT2D eigenvalue weighted by Crippen LogP contribution is -2.30. The summed E-state index contributed by atoms with van der Waals surface area (Å²) in [6.07, 6.45) is 49.1. The van der Waals surface area contributed by atoms with Gasteiger partial charge in [0.2, 0.25) is 0 Å². The van der Waals surface area contributed by atoms with Gasteiger partial charge in [0.05, 0.1) is 26.4 Å². The molecule has 0 heterocycles. The number of aliphatic hydroxyl groups is 1. The van der Waals surface area contributed by atoms with E-state index in [4.69, 9.17) is 37.0 Å². The summed E-state index contributed by atoms with van der Waals surface area (Å²) in [5.74, 6) is -0.606. The Kier molecular flexibility index (Phi) is 61.8. The molecule has 3 N–H and O–H groups in total. The zero-order chi connectivity index (χ0) is 66.5. The normalized spacial score (nSPS) is 14.4. The first-order valence-electron chi connectivity index (χ1n) is 37.0. The third-order valence-electron chi connectivity index (χ3n) is 16.8. The van der Waals surface area contributed by atoms with Crippen LogP contribution in [0.25, 0.3) is 0 Å². The molecule has 0 spiro atoms. The number of phosphoric acid groups is 2. The fourth-order valence-electron chi connectivity index (χ4n) is 10.7. The van der Waals surface area contributed by atoms with E-state index in [-0.39, 0.29) is 25.7 Å². The van der Waals surface area contributed by atoms with Crippen molar-refractivity contribution in [2.75, 3.05) is 39.6 Å². The molecule has 6 atom stereocenters. The van der Waals surface area contributed by atoms with Gasteiger partial charge in [-0.2, -0.15) is 0 Å². The number of ether oxygens (including phenoxy) is 4. The van der Waals surface area contributed by atoms with Gasteiger partial charge in [-0.25, -0.2) is 9.13 Å². The molecule has 0 aliphatic heterocycles. The van der Waals surface area contributed by atoms with E-state index in [0.717, 1.165) is 108 Å². The number of esters is 4. The maximum absolute atomic E-state index is 13.0. The summed E-state index contributed by atoms with van der Waals surface area (Å²) < 4.78 is 68.1. The van der Waals surface area contributed by atoms with Gasteiger partial charge >= 0.3 is 39.5 Å². The van der Waals surface area contributed by atoms with Crippen LogP contribution < -0.4 is 0 Å². The quantitative estimate of drug-likeness (QED) is 0.0222. The van der Waals surface area contributed by atoms with Gasteiger partial charge in [0.1, 0.15) is 19.3 Å². The first-order chi connectivity index (χ1) is 43.4. The number of hydrogen-bond donors (Lipinski definition) is 3. The smallest absolute Gasteiger partial charge is 0.462 e. The van der Waals surface area contributed by atoms with Gasteiger partial charge in [-0.1, -0.05) is 311 Å². The van der Waals surface area contributed by atoms with Gasteiger partial charge in [0.15, 0.2) is 12.2 Å². The molecule has 3 unspecified atom stereocenters. The molecular formula is C71H138O17P2. The predicted molar refractivity (Wildman–Crippen MR) is 363 cm³/mol. The van der Waals surface area contributed by atoms with Crippen LogP contribution in [0.1, 0.15) is 363 Å². The summed E-state index contributed by atoms with van der Waals surface area (Å²) in [7, 11) is -9.89. The van der Waals surface area contributed by atoms with Gasteiger partial charge in [0, 0.05) is 25.7 Å². The Morgan fingerprint density at radius 2 is 0.567 bits per heavy atom. The molecule has 19 heteroatoms. The van der Waals surface area contributed by atoms with Crippen LogP contribution >= 0.6 is 15.6 Å². The molecule has 0 fully saturated rings. The highest BCUT2D eigenvalue weighted by Gasteiger charge is 2.30. The second kappa shape index (κ2) is 63.1. The molecule has 0 rings (SSSR count). The Hall–Kier alpha value is -1.94. The van der Waals surface area contributed by atoms with E-state index >= 15 is 0 Å². The lowest BCUT2D eigenvalue weighted by molar-refractivity contribution is -0.161. The fourth-order valence-corrected chi connectivity index (χ4v) is 12.3. The lowest BCUT2D eigenvalue weighted by Gasteiger charge is -2.21. The Balaban J connectivity index is 5.14. The number of carbonyl (C=O) groups excluding carboxylic acids is 4. The van der Waals surface area contributed by atoms with Crippen LogP contribution in [0.15, 0.2) is 0 Å². The lowest BCUT2D eigenvalue weighted by atomic mass is 10.00. The van der Waals surface area contributed by atoms with E-state index in [2.05, 4.69) is 41.5 Å². The molecule has 0 bridgehead atoms. The summed E-state index contributed by atoms with van der Waals surface area (Å²) in [6.45, 7) is 9.45. The molecule has 0 aromatic carbocycles. The zero-order valence-corrected chi connectivity index (χ0v) is 60.2. The van der Waals surface area contributed by atoms with Crippen molar-refractivity contribution >= 4 is 39.5 Å². The van der Waals surface area contributed by atoms with Crippen LogP contribution in [-0.2, 0) is 65.4 Å². The van der Waals surface area contributed by atoms with Crippen molar-refractivity contribution < 1.29 is 80.2 Å². The summed E-state index contributed by atoms with van der Waals surface area (Å²) in [5, 5.41) is 10.6. The van der Waals surface area contributed by atoms with Crippen molar-refractivity contribution in [3.8, 4) is 0 Å². The third-order valence-corrected chi connectivity index (χ3v) is 18.7. The van der Waals surface area contributed by atoms with Gasteiger partial charge in [-0.3, -0.25) is 37.3 Å². The van der Waals surface area contributed by atoms with E-state index in [9.17, 15) is 43.2 Å². The molecule has 0 aromatic heterocycles. The van der Waals surface area contributed by atoms with Crippen molar-refractivity contribution in [2.24, 2.45) is 11.8 Å². The van der Waals surface area contributed by atoms with E-state index < -0.39 is 97.5 Å². The van der Waals surface area contributed by atoms with E-state index in [1.165, 1.54) is 173 Å². The minimum atomic E-state index is -4.95. The molecular weight excluding hydrogens is 1190 g/mol. The summed E-state index contributed by atoms with van der Waals surface area (Å²) in [4.78, 5) is 72.3. The van der Waals surface area contributed by atoms with E-state index in [1.807, 2.05) is 0 Å². The second-order valence-corrected chi connectivity index (χ2v) is 29.3. The number of hydrogen-bond acceptors (Lipinski definition) is 15. The highest BCUT2D eigenvalue weighted by Crippen LogP contribution is 2.45. The van der Waals surface area contributed by atoms with Gasteiger partial charge in [0.25, 0.3) is 0 Å². The van der Waals surface area contributed by atoms with Crippen molar-refractivity contribution in [1.29, 1.82) is 0 Å². The van der Waals surface area contributed by atoms with Crippen molar-refractivity contribution in [1.82, 2.24) is 0 Å². The molecule has 0 amide bonds. The topological polar surface area (TPSA) is 237 Å². The highest BCUT2D eigenvalue weighted by molar-refractivity contribution is 7.47. The van der Waals surface area contributed by atoms with Crippen molar-refractivity contribution in [2.45, 2.75) is 381 Å². The molecule has 0 aliphatic carbocycles. The van der Waals surface area contributed by atoms with Crippen LogP contribution in [0, 0.1) is 11.8 Å². The zero-order valence-electron chi connectivity index (χ0n) is 58.4. The van der Waals surface area contributed by atoms with Gasteiger partial charge < -0.3 is 33.8 Å². The molecule has 534 valence electrons. The highest BCUT2D eigenvalue weighted by atomic mass is 31.2. The first kappa shape index (κ1) is 88.1. The number of phosphoric ester groups is 2. The minimum absolute atomic E-state index is 0.102. The molecule has 17 nitrogen and oxygen atoms in total. The van der Waals surface area contributed by atoms with E-state index in [1.54, 1.807) is 0 Å². The van der Waals surface area contributed by atoms with Gasteiger partial charge in [-0.05, 0) is 37.5 Å². The summed E-state index contributed by atoms with van der Waals surface area (Å²) >= 11 is 0. The molecule has 0 aliphatic rings. The molecule has 0 saturated heterocycles. The van der Waals surface area contributed by atoms with Crippen LogP contribution in [0.4, 0.5) is 0 Å². The second-order valence-electron chi connectivity index (χ2n) is 26.3. The van der Waals surface area contributed by atoms with Crippen LogP contribution in [0.2, 0.25) is 0 Å². The Morgan fingerprint density at radius 1 is 0.322 bits per heavy atom. The van der Waals surface area contributed by atoms with Crippen LogP contribution in [0.5, 0.6) is 0 Å². The third kappa shape index (κ3) is 63.5. The number of rotatable bonds is 70. The van der Waals surface area contributed by atoms with Gasteiger partial charge in [-0.15, -0.1) is 0 Å². The minimum Gasteiger partial charge on any atom is -0.462 e. The van der Waals surface area contributed by atoms with Crippen molar-refractivity contribution in [3.05, 3.63) is 0 Å². The Morgan fingerprint density at radius 3 is 0.844 bits per heavy atom. The predicted octanol–water partition coefficient (Wildman–Crippen LogP) is 20.4. The molecule has 0 saturated carbocycles. The van der Waals surface area contributed by atoms with Crippen LogP contribution in [-0.4, -0.2) is 96.7 Å². The van der Waals surface area contributed by atoms with Crippen molar-refractivity contribution in [3.63, 3.8) is 0 Å².